The van der Waals surface area contributed by atoms with Crippen LogP contribution >= 0.6 is 11.3 Å². The molecular formula is C13H12O2S. The Kier molecular flexibility index (Phi) is 2.42. The van der Waals surface area contributed by atoms with E-state index in [9.17, 15) is 5.11 Å². The zero-order chi connectivity index (χ0) is 11.0. The Morgan fingerprint density at radius 2 is 2.25 bits per heavy atom. The van der Waals surface area contributed by atoms with Crippen molar-refractivity contribution < 1.29 is 9.84 Å². The molecule has 1 aliphatic heterocycles. The smallest absolute Gasteiger partial charge is 0.117 e. The molecule has 0 saturated carbocycles. The maximum absolute atomic E-state index is 9.47. The van der Waals surface area contributed by atoms with Crippen LogP contribution < -0.4 is 0 Å². The molecule has 0 saturated heterocycles. The van der Waals surface area contributed by atoms with Gasteiger partial charge in [0.15, 0.2) is 0 Å². The molecule has 3 heteroatoms. The molecule has 0 radical (unpaired) electrons. The quantitative estimate of drug-likeness (QED) is 0.818. The van der Waals surface area contributed by atoms with E-state index in [1.807, 2.05) is 18.2 Å². The van der Waals surface area contributed by atoms with Crippen LogP contribution in [0.1, 0.15) is 22.1 Å². The number of hydrogen-bond acceptors (Lipinski definition) is 3. The molecule has 3 rings (SSSR count). The number of thiophene rings is 1. The first-order valence-electron chi connectivity index (χ1n) is 5.31. The third-order valence-electron chi connectivity index (χ3n) is 2.87. The molecule has 1 N–H and O–H groups in total. The van der Waals surface area contributed by atoms with Gasteiger partial charge in [-0.05, 0) is 41.1 Å². The zero-order valence-corrected chi connectivity index (χ0v) is 9.54. The number of fused-ring (bicyclic) bond motifs is 1. The van der Waals surface area contributed by atoms with Crippen LogP contribution in [-0.4, -0.2) is 11.7 Å². The molecule has 82 valence electrons. The standard InChI is InChI=1S/C13H12O2S/c14-10-3-4-11-9(8-10)5-6-15-13(11)12-2-1-7-16-12/h1-4,7-8,13-14H,5-6H2. The molecule has 2 heterocycles. The Balaban J connectivity index is 2.06. The van der Waals surface area contributed by atoms with E-state index >= 15 is 0 Å². The monoisotopic (exact) mass is 232 g/mol. The van der Waals surface area contributed by atoms with E-state index in [-0.39, 0.29) is 6.10 Å². The summed E-state index contributed by atoms with van der Waals surface area (Å²) in [6, 6.07) is 9.68. The van der Waals surface area contributed by atoms with Crippen LogP contribution in [0.5, 0.6) is 5.75 Å². The molecule has 0 amide bonds. The van der Waals surface area contributed by atoms with Crippen molar-refractivity contribution in [1.29, 1.82) is 0 Å². The van der Waals surface area contributed by atoms with E-state index in [4.69, 9.17) is 4.74 Å². The van der Waals surface area contributed by atoms with Crippen molar-refractivity contribution in [2.24, 2.45) is 0 Å². The van der Waals surface area contributed by atoms with Crippen LogP contribution in [0.15, 0.2) is 35.7 Å². The average molecular weight is 232 g/mol. The fourth-order valence-corrected chi connectivity index (χ4v) is 2.91. The maximum Gasteiger partial charge on any atom is 0.117 e. The highest BCUT2D eigenvalue weighted by Gasteiger charge is 2.23. The first kappa shape index (κ1) is 9.87. The summed E-state index contributed by atoms with van der Waals surface area (Å²) in [6.45, 7) is 0.721. The number of phenolic OH excluding ortho intramolecular Hbond substituents is 1. The van der Waals surface area contributed by atoms with Gasteiger partial charge in [0, 0.05) is 4.88 Å². The minimum Gasteiger partial charge on any atom is -0.508 e. The summed E-state index contributed by atoms with van der Waals surface area (Å²) in [6.07, 6.45) is 0.926. The van der Waals surface area contributed by atoms with Crippen molar-refractivity contribution in [2.45, 2.75) is 12.5 Å². The minimum absolute atomic E-state index is 0.0457. The van der Waals surface area contributed by atoms with E-state index in [1.54, 1.807) is 17.4 Å². The number of benzene rings is 1. The molecule has 1 aliphatic rings. The summed E-state index contributed by atoms with van der Waals surface area (Å²) in [5, 5.41) is 11.5. The molecule has 0 aliphatic carbocycles. The molecule has 1 aromatic carbocycles. The Labute approximate surface area is 98.1 Å². The van der Waals surface area contributed by atoms with Crippen molar-refractivity contribution in [3.05, 3.63) is 51.7 Å². The Hall–Kier alpha value is -1.32. The van der Waals surface area contributed by atoms with Crippen molar-refractivity contribution in [2.75, 3.05) is 6.61 Å². The minimum atomic E-state index is 0.0457. The van der Waals surface area contributed by atoms with Crippen LogP contribution in [0.2, 0.25) is 0 Å². The highest BCUT2D eigenvalue weighted by molar-refractivity contribution is 7.10. The van der Waals surface area contributed by atoms with Gasteiger partial charge in [0.05, 0.1) is 6.61 Å². The molecule has 16 heavy (non-hydrogen) atoms. The van der Waals surface area contributed by atoms with E-state index in [2.05, 4.69) is 11.4 Å². The summed E-state index contributed by atoms with van der Waals surface area (Å²) in [7, 11) is 0. The second kappa shape index (κ2) is 3.92. The van der Waals surface area contributed by atoms with Crippen molar-refractivity contribution in [1.82, 2.24) is 0 Å². The second-order valence-electron chi connectivity index (χ2n) is 3.90. The van der Waals surface area contributed by atoms with E-state index in [0.717, 1.165) is 13.0 Å². The largest absolute Gasteiger partial charge is 0.508 e. The Morgan fingerprint density at radius 3 is 3.06 bits per heavy atom. The topological polar surface area (TPSA) is 29.5 Å². The molecule has 1 unspecified atom stereocenters. The van der Waals surface area contributed by atoms with E-state index < -0.39 is 0 Å². The maximum atomic E-state index is 9.47. The van der Waals surface area contributed by atoms with Crippen LogP contribution in [0.3, 0.4) is 0 Å². The normalized spacial score (nSPS) is 19.4. The molecular weight excluding hydrogens is 220 g/mol. The van der Waals surface area contributed by atoms with Crippen molar-refractivity contribution in [3.63, 3.8) is 0 Å². The summed E-state index contributed by atoms with van der Waals surface area (Å²) < 4.78 is 5.82. The van der Waals surface area contributed by atoms with Crippen LogP contribution in [-0.2, 0) is 11.2 Å². The van der Waals surface area contributed by atoms with Gasteiger partial charge in [-0.1, -0.05) is 12.1 Å². The fourth-order valence-electron chi connectivity index (χ4n) is 2.12. The lowest BCUT2D eigenvalue weighted by Crippen LogP contribution is -2.16. The van der Waals surface area contributed by atoms with Gasteiger partial charge in [0.1, 0.15) is 11.9 Å². The van der Waals surface area contributed by atoms with Crippen LogP contribution in [0.4, 0.5) is 0 Å². The molecule has 2 nitrogen and oxygen atoms in total. The average Bonchev–Trinajstić information content (AvgIpc) is 2.81. The van der Waals surface area contributed by atoms with Gasteiger partial charge in [-0.3, -0.25) is 0 Å². The third-order valence-corrected chi connectivity index (χ3v) is 3.78. The number of rotatable bonds is 1. The van der Waals surface area contributed by atoms with Gasteiger partial charge in [0.25, 0.3) is 0 Å². The van der Waals surface area contributed by atoms with Crippen molar-refractivity contribution >= 4 is 11.3 Å². The van der Waals surface area contributed by atoms with Gasteiger partial charge < -0.3 is 9.84 Å². The number of aromatic hydroxyl groups is 1. The first-order chi connectivity index (χ1) is 7.84. The fraction of sp³-hybridized carbons (Fsp3) is 0.231. The van der Waals surface area contributed by atoms with Crippen molar-refractivity contribution in [3.8, 4) is 5.75 Å². The SMILES string of the molecule is Oc1ccc2c(c1)CCOC2c1cccs1. The lowest BCUT2D eigenvalue weighted by molar-refractivity contribution is 0.0720. The van der Waals surface area contributed by atoms with Crippen LogP contribution in [0.25, 0.3) is 0 Å². The molecule has 0 bridgehead atoms. The van der Waals surface area contributed by atoms with E-state index in [0.29, 0.717) is 5.75 Å². The summed E-state index contributed by atoms with van der Waals surface area (Å²) >= 11 is 1.71. The predicted octanol–water partition coefficient (Wildman–Crippen LogP) is 3.12. The summed E-state index contributed by atoms with van der Waals surface area (Å²) in [5.41, 5.74) is 2.39. The molecule has 1 aromatic heterocycles. The lowest BCUT2D eigenvalue weighted by atomic mass is 9.96. The van der Waals surface area contributed by atoms with Gasteiger partial charge in [-0.15, -0.1) is 11.3 Å². The number of phenols is 1. The third kappa shape index (κ3) is 1.62. The molecule has 1 atom stereocenters. The molecule has 0 fully saturated rings. The Morgan fingerprint density at radius 1 is 1.31 bits per heavy atom. The Bertz CT molecular complexity index is 491. The van der Waals surface area contributed by atoms with Gasteiger partial charge >= 0.3 is 0 Å². The number of hydrogen-bond donors (Lipinski definition) is 1. The van der Waals surface area contributed by atoms with Crippen LogP contribution in [0, 0.1) is 0 Å². The lowest BCUT2D eigenvalue weighted by Gasteiger charge is -2.25. The highest BCUT2D eigenvalue weighted by Crippen LogP contribution is 2.36. The van der Waals surface area contributed by atoms with Gasteiger partial charge in [0.2, 0.25) is 0 Å². The molecule has 0 spiro atoms. The number of ether oxygens (including phenoxy) is 1. The first-order valence-corrected chi connectivity index (χ1v) is 6.19. The van der Waals surface area contributed by atoms with E-state index in [1.165, 1.54) is 16.0 Å². The summed E-state index contributed by atoms with van der Waals surface area (Å²) in [5.74, 6) is 0.338. The summed E-state index contributed by atoms with van der Waals surface area (Å²) in [4.78, 5) is 1.23. The zero-order valence-electron chi connectivity index (χ0n) is 8.72. The predicted molar refractivity (Wildman–Crippen MR) is 63.9 cm³/mol. The molecule has 2 aromatic rings. The highest BCUT2D eigenvalue weighted by atomic mass is 32.1. The second-order valence-corrected chi connectivity index (χ2v) is 4.88. The van der Waals surface area contributed by atoms with Gasteiger partial charge in [-0.25, -0.2) is 0 Å². The van der Waals surface area contributed by atoms with Gasteiger partial charge in [-0.2, -0.15) is 0 Å².